The highest BCUT2D eigenvalue weighted by Gasteiger charge is 2.32. The van der Waals surface area contributed by atoms with Crippen LogP contribution in [0, 0.1) is 17.2 Å². The van der Waals surface area contributed by atoms with Crippen LogP contribution in [0.15, 0.2) is 48.5 Å². The second-order valence-electron chi connectivity index (χ2n) is 7.39. The molecule has 2 aromatic rings. The van der Waals surface area contributed by atoms with E-state index in [4.69, 9.17) is 4.74 Å². The molecule has 2 aromatic carbocycles. The van der Waals surface area contributed by atoms with Crippen molar-refractivity contribution in [1.29, 1.82) is 5.26 Å². The standard InChI is InChI=1S/C22H25NO3S/c1-16(2)27(24,25)15-20-14-26-12-11-22(20)18-9-7-17(8-10-18)21-6-4-3-5-19(21)13-23/h3-10,16,20,22H,11-12,14-15H2,1-2H3/t20-,22+/m1/s1. The molecule has 3 rings (SSSR count). The van der Waals surface area contributed by atoms with Gasteiger partial charge in [-0.05, 0) is 48.9 Å². The number of benzene rings is 2. The Bertz CT molecular complexity index is 927. The average Bonchev–Trinajstić information content (AvgIpc) is 2.68. The fourth-order valence-electron chi connectivity index (χ4n) is 3.63. The van der Waals surface area contributed by atoms with Gasteiger partial charge in [0, 0.05) is 12.5 Å². The van der Waals surface area contributed by atoms with Gasteiger partial charge in [0.25, 0.3) is 0 Å². The molecular formula is C22H25NO3S. The molecule has 0 radical (unpaired) electrons. The average molecular weight is 384 g/mol. The van der Waals surface area contributed by atoms with Gasteiger partial charge < -0.3 is 4.74 Å². The maximum Gasteiger partial charge on any atom is 0.153 e. The third kappa shape index (κ3) is 4.40. The molecule has 0 aliphatic carbocycles. The maximum atomic E-state index is 12.4. The lowest BCUT2D eigenvalue weighted by Gasteiger charge is -2.32. The molecule has 4 nitrogen and oxygen atoms in total. The SMILES string of the molecule is CC(C)S(=O)(=O)C[C@H]1COCC[C@H]1c1ccc(-c2ccccc2C#N)cc1. The van der Waals surface area contributed by atoms with Crippen molar-refractivity contribution in [1.82, 2.24) is 0 Å². The van der Waals surface area contributed by atoms with Gasteiger partial charge in [0.15, 0.2) is 9.84 Å². The highest BCUT2D eigenvalue weighted by Crippen LogP contribution is 2.35. The zero-order valence-electron chi connectivity index (χ0n) is 15.8. The fraction of sp³-hybridized carbons (Fsp3) is 0.409. The maximum absolute atomic E-state index is 12.4. The Morgan fingerprint density at radius 2 is 1.85 bits per heavy atom. The van der Waals surface area contributed by atoms with E-state index in [0.717, 1.165) is 23.1 Å². The van der Waals surface area contributed by atoms with Crippen LogP contribution in [-0.4, -0.2) is 32.6 Å². The molecule has 1 saturated heterocycles. The summed E-state index contributed by atoms with van der Waals surface area (Å²) in [5, 5.41) is 8.93. The van der Waals surface area contributed by atoms with Crippen LogP contribution >= 0.6 is 0 Å². The Morgan fingerprint density at radius 3 is 2.52 bits per heavy atom. The van der Waals surface area contributed by atoms with E-state index in [9.17, 15) is 13.7 Å². The molecule has 0 unspecified atom stereocenters. The summed E-state index contributed by atoms with van der Waals surface area (Å²) in [7, 11) is -3.11. The quantitative estimate of drug-likeness (QED) is 0.777. The van der Waals surface area contributed by atoms with Crippen molar-refractivity contribution in [2.45, 2.75) is 31.4 Å². The van der Waals surface area contributed by atoms with Gasteiger partial charge in [-0.15, -0.1) is 0 Å². The van der Waals surface area contributed by atoms with Crippen molar-refractivity contribution in [3.05, 3.63) is 59.7 Å². The van der Waals surface area contributed by atoms with Gasteiger partial charge in [-0.2, -0.15) is 5.26 Å². The van der Waals surface area contributed by atoms with Crippen LogP contribution < -0.4 is 0 Å². The van der Waals surface area contributed by atoms with E-state index in [1.165, 1.54) is 0 Å². The molecule has 1 fully saturated rings. The Balaban J connectivity index is 1.85. The number of ether oxygens (including phenoxy) is 1. The molecule has 0 amide bonds. The van der Waals surface area contributed by atoms with E-state index in [2.05, 4.69) is 18.2 Å². The lowest BCUT2D eigenvalue weighted by atomic mass is 9.83. The number of hydrogen-bond donors (Lipinski definition) is 0. The van der Waals surface area contributed by atoms with Gasteiger partial charge in [-0.1, -0.05) is 42.5 Å². The molecule has 27 heavy (non-hydrogen) atoms. The predicted molar refractivity (Wildman–Crippen MR) is 107 cm³/mol. The topological polar surface area (TPSA) is 67.2 Å². The molecule has 1 aliphatic rings. The minimum Gasteiger partial charge on any atom is -0.381 e. The minimum absolute atomic E-state index is 0.0246. The summed E-state index contributed by atoms with van der Waals surface area (Å²) in [5.41, 5.74) is 3.70. The number of sulfone groups is 1. The minimum atomic E-state index is -3.11. The predicted octanol–water partition coefficient (Wildman–Crippen LogP) is 4.17. The summed E-state index contributed by atoms with van der Waals surface area (Å²) in [6.07, 6.45) is 0.826. The smallest absolute Gasteiger partial charge is 0.153 e. The van der Waals surface area contributed by atoms with Crippen molar-refractivity contribution in [3.8, 4) is 17.2 Å². The first-order valence-electron chi connectivity index (χ1n) is 9.31. The zero-order valence-corrected chi connectivity index (χ0v) is 16.6. The molecule has 0 spiro atoms. The van der Waals surface area contributed by atoms with E-state index < -0.39 is 9.84 Å². The summed E-state index contributed by atoms with van der Waals surface area (Å²) in [4.78, 5) is 0. The molecule has 0 saturated carbocycles. The van der Waals surface area contributed by atoms with Crippen LogP contribution in [0.1, 0.15) is 37.3 Å². The molecule has 2 atom stereocenters. The van der Waals surface area contributed by atoms with Gasteiger partial charge in [-0.3, -0.25) is 0 Å². The summed E-state index contributed by atoms with van der Waals surface area (Å²) in [5.74, 6) is 0.310. The van der Waals surface area contributed by atoms with Crippen molar-refractivity contribution >= 4 is 9.84 Å². The van der Waals surface area contributed by atoms with E-state index in [-0.39, 0.29) is 22.8 Å². The summed E-state index contributed by atoms with van der Waals surface area (Å²) < 4.78 is 30.4. The van der Waals surface area contributed by atoms with Crippen LogP contribution in [0.3, 0.4) is 0 Å². The zero-order chi connectivity index (χ0) is 19.4. The largest absolute Gasteiger partial charge is 0.381 e. The first kappa shape index (κ1) is 19.6. The van der Waals surface area contributed by atoms with E-state index in [1.54, 1.807) is 13.8 Å². The highest BCUT2D eigenvalue weighted by atomic mass is 32.2. The molecular weight excluding hydrogens is 358 g/mol. The Morgan fingerprint density at radius 1 is 1.15 bits per heavy atom. The Hall–Kier alpha value is -2.16. The van der Waals surface area contributed by atoms with Crippen molar-refractivity contribution < 1.29 is 13.2 Å². The molecule has 0 aromatic heterocycles. The second kappa shape index (κ2) is 8.24. The number of nitrogens with zero attached hydrogens (tertiary/aromatic N) is 1. The van der Waals surface area contributed by atoms with Gasteiger partial charge in [0.2, 0.25) is 0 Å². The monoisotopic (exact) mass is 383 g/mol. The van der Waals surface area contributed by atoms with E-state index in [1.807, 2.05) is 36.4 Å². The fourth-order valence-corrected chi connectivity index (χ4v) is 4.94. The van der Waals surface area contributed by atoms with Gasteiger partial charge in [0.1, 0.15) is 0 Å². The molecule has 142 valence electrons. The summed E-state index contributed by atoms with van der Waals surface area (Å²) in [6.45, 7) is 4.60. The van der Waals surface area contributed by atoms with E-state index >= 15 is 0 Å². The van der Waals surface area contributed by atoms with E-state index in [0.29, 0.717) is 18.8 Å². The van der Waals surface area contributed by atoms with Crippen LogP contribution in [0.5, 0.6) is 0 Å². The second-order valence-corrected chi connectivity index (χ2v) is 9.99. The molecule has 0 bridgehead atoms. The number of nitriles is 1. The summed E-state index contributed by atoms with van der Waals surface area (Å²) in [6, 6.07) is 17.9. The molecule has 1 aliphatic heterocycles. The highest BCUT2D eigenvalue weighted by molar-refractivity contribution is 7.91. The first-order valence-corrected chi connectivity index (χ1v) is 11.0. The number of rotatable bonds is 5. The van der Waals surface area contributed by atoms with Crippen LogP contribution in [0.4, 0.5) is 0 Å². The third-order valence-corrected chi connectivity index (χ3v) is 7.67. The van der Waals surface area contributed by atoms with Gasteiger partial charge in [0.05, 0.1) is 29.2 Å². The van der Waals surface area contributed by atoms with Gasteiger partial charge >= 0.3 is 0 Å². The van der Waals surface area contributed by atoms with Crippen LogP contribution in [-0.2, 0) is 14.6 Å². The molecule has 1 heterocycles. The van der Waals surface area contributed by atoms with Crippen molar-refractivity contribution in [2.75, 3.05) is 19.0 Å². The van der Waals surface area contributed by atoms with Gasteiger partial charge in [-0.25, -0.2) is 8.42 Å². The molecule has 5 heteroatoms. The lowest BCUT2D eigenvalue weighted by molar-refractivity contribution is 0.0483. The third-order valence-electron chi connectivity index (χ3n) is 5.34. The van der Waals surface area contributed by atoms with Crippen molar-refractivity contribution in [3.63, 3.8) is 0 Å². The first-order chi connectivity index (χ1) is 12.9. The van der Waals surface area contributed by atoms with Crippen LogP contribution in [0.25, 0.3) is 11.1 Å². The number of hydrogen-bond acceptors (Lipinski definition) is 4. The van der Waals surface area contributed by atoms with Crippen molar-refractivity contribution in [2.24, 2.45) is 5.92 Å². The lowest BCUT2D eigenvalue weighted by Crippen LogP contribution is -2.34. The Kier molecular flexibility index (Phi) is 5.98. The Labute approximate surface area is 161 Å². The molecule has 0 N–H and O–H groups in total. The van der Waals surface area contributed by atoms with Crippen LogP contribution in [0.2, 0.25) is 0 Å². The summed E-state index contributed by atoms with van der Waals surface area (Å²) >= 11 is 0. The normalized spacial score (nSPS) is 20.4.